The second kappa shape index (κ2) is 12.5. The van der Waals surface area contributed by atoms with E-state index in [0.29, 0.717) is 64.0 Å². The Balaban J connectivity index is 1.42. The van der Waals surface area contributed by atoms with E-state index in [2.05, 4.69) is 20.5 Å². The number of aromatic nitrogens is 3. The smallest absolute Gasteiger partial charge is 0.404 e. The zero-order valence-corrected chi connectivity index (χ0v) is 24.4. The Morgan fingerprint density at radius 1 is 1.04 bits per heavy atom. The minimum absolute atomic E-state index is 0.00111. The number of amides is 2. The topological polar surface area (TPSA) is 159 Å². The minimum Gasteiger partial charge on any atom is -0.508 e. The van der Waals surface area contributed by atoms with Gasteiger partial charge in [0, 0.05) is 44.7 Å². The summed E-state index contributed by atoms with van der Waals surface area (Å²) < 4.78 is 16.9. The lowest BCUT2D eigenvalue weighted by Crippen LogP contribution is -2.45. The van der Waals surface area contributed by atoms with E-state index in [1.807, 2.05) is 6.07 Å². The summed E-state index contributed by atoms with van der Waals surface area (Å²) in [6.07, 6.45) is 1.89. The SMILES string of the molecule is O=C1CCN(Cc2cc(O)ccc2-c2cccc(-n3c(=O)n([C@H]4CC[C@@H](NC(=O)O)CC4)c(=O)c4cc(F)cnc43)c2)CCN1. The van der Waals surface area contributed by atoms with Gasteiger partial charge in [-0.3, -0.25) is 19.1 Å². The molecule has 0 unspecified atom stereocenters. The molecule has 3 heterocycles. The quantitative estimate of drug-likeness (QED) is 0.257. The largest absolute Gasteiger partial charge is 0.508 e. The summed E-state index contributed by atoms with van der Waals surface area (Å²) in [6, 6.07) is 12.5. The molecule has 0 spiro atoms. The van der Waals surface area contributed by atoms with Crippen LogP contribution in [0.25, 0.3) is 27.8 Å². The van der Waals surface area contributed by atoms with Crippen molar-refractivity contribution in [2.24, 2.45) is 0 Å². The third kappa shape index (κ3) is 6.29. The van der Waals surface area contributed by atoms with Gasteiger partial charge in [-0.1, -0.05) is 18.2 Å². The second-order valence-corrected chi connectivity index (χ2v) is 11.5. The van der Waals surface area contributed by atoms with Crippen molar-refractivity contribution in [2.45, 2.75) is 50.7 Å². The van der Waals surface area contributed by atoms with Crippen molar-refractivity contribution in [3.63, 3.8) is 0 Å². The number of nitrogens with zero attached hydrogens (tertiary/aromatic N) is 4. The molecule has 1 aliphatic heterocycles. The summed E-state index contributed by atoms with van der Waals surface area (Å²) in [7, 11) is 0. The molecule has 2 aliphatic rings. The third-order valence-electron chi connectivity index (χ3n) is 8.58. The summed E-state index contributed by atoms with van der Waals surface area (Å²) >= 11 is 0. The maximum atomic E-state index is 14.4. The van der Waals surface area contributed by atoms with Gasteiger partial charge in [0.2, 0.25) is 5.91 Å². The van der Waals surface area contributed by atoms with Gasteiger partial charge >= 0.3 is 11.8 Å². The number of nitrogens with one attached hydrogen (secondary N) is 2. The molecule has 6 rings (SSSR count). The highest BCUT2D eigenvalue weighted by Gasteiger charge is 2.28. The predicted octanol–water partition coefficient (Wildman–Crippen LogP) is 3.13. The summed E-state index contributed by atoms with van der Waals surface area (Å²) in [5.41, 5.74) is 1.56. The Morgan fingerprint density at radius 2 is 1.84 bits per heavy atom. The number of pyridine rings is 1. The Hall–Kier alpha value is -5.04. The predicted molar refractivity (Wildman–Crippen MR) is 164 cm³/mol. The van der Waals surface area contributed by atoms with E-state index in [1.165, 1.54) is 4.57 Å². The zero-order valence-electron chi connectivity index (χ0n) is 24.4. The number of phenolic OH excluding ortho intramolecular Hbond substituents is 1. The van der Waals surface area contributed by atoms with Crippen LogP contribution >= 0.6 is 0 Å². The molecule has 2 fully saturated rings. The van der Waals surface area contributed by atoms with Crippen molar-refractivity contribution in [3.8, 4) is 22.6 Å². The van der Waals surface area contributed by atoms with E-state index in [9.17, 15) is 28.7 Å². The molecule has 234 valence electrons. The second-order valence-electron chi connectivity index (χ2n) is 11.5. The van der Waals surface area contributed by atoms with Crippen molar-refractivity contribution in [1.82, 2.24) is 29.7 Å². The first-order chi connectivity index (χ1) is 21.7. The van der Waals surface area contributed by atoms with E-state index in [-0.39, 0.29) is 28.7 Å². The van der Waals surface area contributed by atoms with Gasteiger partial charge in [-0.05, 0) is 72.7 Å². The maximum absolute atomic E-state index is 14.4. The molecule has 2 aromatic heterocycles. The number of phenols is 1. The van der Waals surface area contributed by atoms with E-state index >= 15 is 0 Å². The molecule has 2 amide bonds. The standard InChI is InChI=1S/C32H33FN6O6/c33-21-16-27-29(35-17-21)38(32(45)39(30(27)42)23-6-4-22(5-7-23)36-31(43)44)24-3-1-2-19(14-24)26-9-8-25(40)15-20(26)18-37-12-10-28(41)34-11-13-37/h1-3,8-9,14-17,22-23,36,40H,4-7,10-13,18H2,(H,34,41)(H,43,44)/t22-,23+. The van der Waals surface area contributed by atoms with Crippen LogP contribution in [0, 0.1) is 5.82 Å². The third-order valence-corrected chi connectivity index (χ3v) is 8.58. The number of fused-ring (bicyclic) bond motifs is 1. The average molecular weight is 617 g/mol. The minimum atomic E-state index is -1.12. The van der Waals surface area contributed by atoms with Gasteiger partial charge in [0.1, 0.15) is 11.6 Å². The highest BCUT2D eigenvalue weighted by molar-refractivity contribution is 5.77. The first kappa shape index (κ1) is 30.0. The van der Waals surface area contributed by atoms with Crippen molar-refractivity contribution in [1.29, 1.82) is 0 Å². The number of hydrogen-bond donors (Lipinski definition) is 4. The van der Waals surface area contributed by atoms with Gasteiger partial charge < -0.3 is 20.8 Å². The van der Waals surface area contributed by atoms with Crippen LogP contribution in [0.5, 0.6) is 5.75 Å². The van der Waals surface area contributed by atoms with Crippen LogP contribution in [0.4, 0.5) is 9.18 Å². The van der Waals surface area contributed by atoms with Crippen molar-refractivity contribution in [2.75, 3.05) is 19.6 Å². The molecule has 4 aromatic rings. The molecule has 1 saturated carbocycles. The highest BCUT2D eigenvalue weighted by atomic mass is 19.1. The van der Waals surface area contributed by atoms with Gasteiger partial charge in [0.15, 0.2) is 5.65 Å². The molecule has 45 heavy (non-hydrogen) atoms. The lowest BCUT2D eigenvalue weighted by Gasteiger charge is -2.29. The van der Waals surface area contributed by atoms with Gasteiger partial charge in [0.25, 0.3) is 5.56 Å². The fourth-order valence-corrected chi connectivity index (χ4v) is 6.41. The summed E-state index contributed by atoms with van der Waals surface area (Å²) in [6.45, 7) is 2.23. The molecule has 12 nitrogen and oxygen atoms in total. The highest BCUT2D eigenvalue weighted by Crippen LogP contribution is 2.31. The number of carbonyl (C=O) groups is 2. The molecule has 1 saturated heterocycles. The molecule has 0 bridgehead atoms. The maximum Gasteiger partial charge on any atom is 0.404 e. The fourth-order valence-electron chi connectivity index (χ4n) is 6.41. The Kier molecular flexibility index (Phi) is 8.35. The summed E-state index contributed by atoms with van der Waals surface area (Å²) in [5.74, 6) is -0.611. The molecular weight excluding hydrogens is 583 g/mol. The number of aromatic hydroxyl groups is 1. The molecule has 0 atom stereocenters. The number of carboxylic acid groups (broad SMARTS) is 1. The van der Waals surface area contributed by atoms with E-state index in [1.54, 1.807) is 36.4 Å². The van der Waals surface area contributed by atoms with Crippen molar-refractivity contribution < 1.29 is 24.2 Å². The van der Waals surface area contributed by atoms with Gasteiger partial charge in [-0.25, -0.2) is 23.5 Å². The Bertz CT molecular complexity index is 1900. The van der Waals surface area contributed by atoms with Crippen molar-refractivity contribution >= 4 is 23.0 Å². The van der Waals surface area contributed by atoms with Crippen LogP contribution in [0.3, 0.4) is 0 Å². The van der Waals surface area contributed by atoms with Crippen molar-refractivity contribution in [3.05, 3.63) is 86.9 Å². The summed E-state index contributed by atoms with van der Waals surface area (Å²) in [5, 5.41) is 24.7. The number of carbonyl (C=O) groups excluding carboxylic acids is 1. The van der Waals surface area contributed by atoms with E-state index in [4.69, 9.17) is 5.11 Å². The van der Waals surface area contributed by atoms with Gasteiger partial charge in [-0.2, -0.15) is 0 Å². The molecule has 0 radical (unpaired) electrons. The molecule has 4 N–H and O–H groups in total. The fraction of sp³-hybridized carbons (Fsp3) is 0.344. The lowest BCUT2D eigenvalue weighted by atomic mass is 9.91. The van der Waals surface area contributed by atoms with Crippen LogP contribution < -0.4 is 21.9 Å². The van der Waals surface area contributed by atoms with Crippen LogP contribution in [0.1, 0.15) is 43.7 Å². The van der Waals surface area contributed by atoms with Crippen LogP contribution in [-0.2, 0) is 11.3 Å². The average Bonchev–Trinajstić information content (AvgIpc) is 3.22. The number of halogens is 1. The lowest BCUT2D eigenvalue weighted by molar-refractivity contribution is -0.120. The first-order valence-corrected chi connectivity index (χ1v) is 14.9. The van der Waals surface area contributed by atoms with Crippen LogP contribution in [-0.4, -0.2) is 66.9 Å². The van der Waals surface area contributed by atoms with E-state index in [0.717, 1.165) is 33.5 Å². The molecular formula is C32H33FN6O6. The Morgan fingerprint density at radius 3 is 2.62 bits per heavy atom. The summed E-state index contributed by atoms with van der Waals surface area (Å²) in [4.78, 5) is 57.0. The van der Waals surface area contributed by atoms with Crippen LogP contribution in [0.15, 0.2) is 64.3 Å². The zero-order chi connectivity index (χ0) is 31.7. The number of rotatable bonds is 6. The van der Waals surface area contributed by atoms with Gasteiger partial charge in [-0.15, -0.1) is 0 Å². The molecule has 1 aliphatic carbocycles. The Labute approximate surface area is 256 Å². The van der Waals surface area contributed by atoms with E-state index < -0.39 is 29.2 Å². The van der Waals surface area contributed by atoms with Gasteiger partial charge in [0.05, 0.1) is 17.3 Å². The monoisotopic (exact) mass is 616 g/mol. The van der Waals surface area contributed by atoms with Crippen LogP contribution in [0.2, 0.25) is 0 Å². The number of benzene rings is 2. The molecule has 13 heteroatoms. The molecule has 2 aromatic carbocycles. The normalized spacial score (nSPS) is 19.2. The number of hydrogen-bond acceptors (Lipinski definition) is 7. The first-order valence-electron chi connectivity index (χ1n) is 14.9.